The minimum atomic E-state index is 0.0912. The molecule has 0 amide bonds. The SMILES string of the molecule is CCCC(OCC)C(NCC)c1cc(Cl)ccc1OC. The summed E-state index contributed by atoms with van der Waals surface area (Å²) in [6, 6.07) is 5.82. The highest BCUT2D eigenvalue weighted by molar-refractivity contribution is 6.30. The third kappa shape index (κ3) is 4.65. The third-order valence-corrected chi connectivity index (χ3v) is 3.51. The summed E-state index contributed by atoms with van der Waals surface area (Å²) in [5.41, 5.74) is 1.06. The molecule has 1 N–H and O–H groups in total. The Balaban J connectivity index is 3.12. The summed E-state index contributed by atoms with van der Waals surface area (Å²) in [6.07, 6.45) is 2.20. The van der Waals surface area contributed by atoms with Crippen LogP contribution in [-0.4, -0.2) is 26.4 Å². The number of likely N-dealkylation sites (N-methyl/N-ethyl adjacent to an activating group) is 1. The van der Waals surface area contributed by atoms with Crippen molar-refractivity contribution in [2.24, 2.45) is 0 Å². The largest absolute Gasteiger partial charge is 0.496 e. The molecule has 0 aliphatic carbocycles. The summed E-state index contributed by atoms with van der Waals surface area (Å²) >= 11 is 6.15. The van der Waals surface area contributed by atoms with Gasteiger partial charge in [-0.1, -0.05) is 31.9 Å². The van der Waals surface area contributed by atoms with Gasteiger partial charge in [-0.05, 0) is 38.1 Å². The van der Waals surface area contributed by atoms with E-state index in [0.717, 1.165) is 35.7 Å². The lowest BCUT2D eigenvalue weighted by Gasteiger charge is -2.29. The van der Waals surface area contributed by atoms with Crippen molar-refractivity contribution in [1.29, 1.82) is 0 Å². The minimum Gasteiger partial charge on any atom is -0.496 e. The van der Waals surface area contributed by atoms with Gasteiger partial charge in [0.25, 0.3) is 0 Å². The molecule has 4 heteroatoms. The molecule has 0 saturated carbocycles. The van der Waals surface area contributed by atoms with E-state index < -0.39 is 0 Å². The van der Waals surface area contributed by atoms with Crippen LogP contribution in [-0.2, 0) is 4.74 Å². The molecule has 0 radical (unpaired) electrons. The molecule has 3 nitrogen and oxygen atoms in total. The normalized spacial score (nSPS) is 14.1. The number of hydrogen-bond acceptors (Lipinski definition) is 3. The molecule has 0 aromatic heterocycles. The van der Waals surface area contributed by atoms with E-state index in [-0.39, 0.29) is 12.1 Å². The van der Waals surface area contributed by atoms with Gasteiger partial charge in [0.1, 0.15) is 5.75 Å². The molecule has 2 atom stereocenters. The van der Waals surface area contributed by atoms with Crippen molar-refractivity contribution < 1.29 is 9.47 Å². The van der Waals surface area contributed by atoms with Crippen LogP contribution in [0.25, 0.3) is 0 Å². The Hall–Kier alpha value is -0.770. The number of benzene rings is 1. The molecular weight excluding hydrogens is 274 g/mol. The molecule has 0 aliphatic heterocycles. The van der Waals surface area contributed by atoms with Gasteiger partial charge in [-0.2, -0.15) is 0 Å². The van der Waals surface area contributed by atoms with E-state index in [9.17, 15) is 0 Å². The van der Waals surface area contributed by atoms with Crippen molar-refractivity contribution >= 4 is 11.6 Å². The van der Waals surface area contributed by atoms with Gasteiger partial charge < -0.3 is 14.8 Å². The van der Waals surface area contributed by atoms with Crippen molar-refractivity contribution in [3.63, 3.8) is 0 Å². The molecule has 0 fully saturated rings. The molecule has 0 heterocycles. The second-order valence-electron chi connectivity index (χ2n) is 4.70. The fourth-order valence-electron chi connectivity index (χ4n) is 2.45. The van der Waals surface area contributed by atoms with Gasteiger partial charge in [-0.3, -0.25) is 0 Å². The third-order valence-electron chi connectivity index (χ3n) is 3.28. The molecule has 1 aromatic rings. The molecule has 1 rings (SSSR count). The van der Waals surface area contributed by atoms with Gasteiger partial charge in [0.05, 0.1) is 19.3 Å². The molecular formula is C16H26ClNO2. The quantitative estimate of drug-likeness (QED) is 0.741. The topological polar surface area (TPSA) is 30.5 Å². The van der Waals surface area contributed by atoms with Crippen molar-refractivity contribution in [1.82, 2.24) is 5.32 Å². The van der Waals surface area contributed by atoms with Crippen molar-refractivity contribution in [2.75, 3.05) is 20.3 Å². The van der Waals surface area contributed by atoms with Crippen LogP contribution in [0.15, 0.2) is 18.2 Å². The molecule has 0 saturated heterocycles. The van der Waals surface area contributed by atoms with Crippen molar-refractivity contribution in [3.8, 4) is 5.75 Å². The van der Waals surface area contributed by atoms with Crippen LogP contribution in [0.1, 0.15) is 45.2 Å². The lowest BCUT2D eigenvalue weighted by Crippen LogP contribution is -2.34. The van der Waals surface area contributed by atoms with E-state index in [1.165, 1.54) is 0 Å². The molecule has 1 aromatic carbocycles. The standard InChI is InChI=1S/C16H26ClNO2/c1-5-8-15(20-7-3)16(18-6-2)13-11-12(17)9-10-14(13)19-4/h9-11,15-16,18H,5-8H2,1-4H3. The first-order valence-corrected chi connectivity index (χ1v) is 7.74. The highest BCUT2D eigenvalue weighted by Crippen LogP contribution is 2.32. The number of rotatable bonds is 9. The number of nitrogens with one attached hydrogen (secondary N) is 1. The van der Waals surface area contributed by atoms with Crippen molar-refractivity contribution in [2.45, 2.75) is 45.8 Å². The fraction of sp³-hybridized carbons (Fsp3) is 0.625. The zero-order valence-electron chi connectivity index (χ0n) is 12.9. The van der Waals surface area contributed by atoms with E-state index in [1.807, 2.05) is 25.1 Å². The average molecular weight is 300 g/mol. The lowest BCUT2D eigenvalue weighted by atomic mass is 9.97. The average Bonchev–Trinajstić information content (AvgIpc) is 2.44. The number of methoxy groups -OCH3 is 1. The van der Waals surface area contributed by atoms with Crippen LogP contribution in [0.3, 0.4) is 0 Å². The first-order chi connectivity index (χ1) is 9.67. The van der Waals surface area contributed by atoms with Gasteiger partial charge >= 0.3 is 0 Å². The summed E-state index contributed by atoms with van der Waals surface area (Å²) in [7, 11) is 1.69. The number of hydrogen-bond donors (Lipinski definition) is 1. The Bertz CT molecular complexity index is 392. The summed E-state index contributed by atoms with van der Waals surface area (Å²) < 4.78 is 11.4. The predicted octanol–water partition coefficient (Wildman–Crippen LogP) is 4.20. The van der Waals surface area contributed by atoms with Gasteiger partial charge in [-0.25, -0.2) is 0 Å². The van der Waals surface area contributed by atoms with Crippen LogP contribution in [0.4, 0.5) is 0 Å². The Morgan fingerprint density at radius 2 is 2.00 bits per heavy atom. The molecule has 114 valence electrons. The Morgan fingerprint density at radius 1 is 1.25 bits per heavy atom. The lowest BCUT2D eigenvalue weighted by molar-refractivity contribution is 0.0274. The van der Waals surface area contributed by atoms with E-state index in [1.54, 1.807) is 7.11 Å². The minimum absolute atomic E-state index is 0.0912. The monoisotopic (exact) mass is 299 g/mol. The summed E-state index contributed by atoms with van der Waals surface area (Å²) in [6.45, 7) is 7.87. The molecule has 2 unspecified atom stereocenters. The van der Waals surface area contributed by atoms with Gasteiger partial charge in [0, 0.05) is 17.2 Å². The first-order valence-electron chi connectivity index (χ1n) is 7.36. The maximum absolute atomic E-state index is 6.15. The zero-order valence-corrected chi connectivity index (χ0v) is 13.7. The zero-order chi connectivity index (χ0) is 15.0. The second-order valence-corrected chi connectivity index (χ2v) is 5.14. The predicted molar refractivity (Wildman–Crippen MR) is 84.7 cm³/mol. The Labute approximate surface area is 127 Å². The van der Waals surface area contributed by atoms with E-state index in [2.05, 4.69) is 19.2 Å². The summed E-state index contributed by atoms with van der Waals surface area (Å²) in [5.74, 6) is 0.848. The first kappa shape index (κ1) is 17.3. The molecule has 20 heavy (non-hydrogen) atoms. The van der Waals surface area contributed by atoms with Crippen LogP contribution < -0.4 is 10.1 Å². The molecule has 0 aliphatic rings. The van der Waals surface area contributed by atoms with E-state index in [4.69, 9.17) is 21.1 Å². The van der Waals surface area contributed by atoms with Gasteiger partial charge in [-0.15, -0.1) is 0 Å². The van der Waals surface area contributed by atoms with Crippen LogP contribution in [0, 0.1) is 0 Å². The van der Waals surface area contributed by atoms with Crippen LogP contribution >= 0.6 is 11.6 Å². The van der Waals surface area contributed by atoms with E-state index >= 15 is 0 Å². The highest BCUT2D eigenvalue weighted by atomic mass is 35.5. The summed E-state index contributed by atoms with van der Waals surface area (Å²) in [4.78, 5) is 0. The fourth-order valence-corrected chi connectivity index (χ4v) is 2.64. The summed E-state index contributed by atoms with van der Waals surface area (Å²) in [5, 5.41) is 4.22. The van der Waals surface area contributed by atoms with E-state index in [0.29, 0.717) is 6.61 Å². The van der Waals surface area contributed by atoms with Gasteiger partial charge in [0.2, 0.25) is 0 Å². The maximum atomic E-state index is 6.15. The van der Waals surface area contributed by atoms with Crippen molar-refractivity contribution in [3.05, 3.63) is 28.8 Å². The number of ether oxygens (including phenoxy) is 2. The number of halogens is 1. The Kier molecular flexibility index (Phi) is 7.97. The second kappa shape index (κ2) is 9.22. The van der Waals surface area contributed by atoms with Crippen LogP contribution in [0.2, 0.25) is 5.02 Å². The smallest absolute Gasteiger partial charge is 0.123 e. The molecule has 0 spiro atoms. The van der Waals surface area contributed by atoms with Gasteiger partial charge in [0.15, 0.2) is 0 Å². The maximum Gasteiger partial charge on any atom is 0.123 e. The molecule has 0 bridgehead atoms. The highest BCUT2D eigenvalue weighted by Gasteiger charge is 2.25. The van der Waals surface area contributed by atoms with Crippen LogP contribution in [0.5, 0.6) is 5.75 Å². The Morgan fingerprint density at radius 3 is 2.55 bits per heavy atom.